The third kappa shape index (κ3) is 4.61. The van der Waals surface area contributed by atoms with Gasteiger partial charge in [-0.15, -0.1) is 0 Å². The maximum Gasteiger partial charge on any atom is 0.255 e. The molecule has 2 atom stereocenters. The molecule has 2 fully saturated rings. The molecule has 2 aromatic rings. The number of aliphatic hydroxyl groups excluding tert-OH is 1. The van der Waals surface area contributed by atoms with E-state index in [2.05, 4.69) is 32.5 Å². The summed E-state index contributed by atoms with van der Waals surface area (Å²) >= 11 is 0. The molecule has 0 bridgehead atoms. The molecule has 5 rings (SSSR count). The van der Waals surface area contributed by atoms with Gasteiger partial charge in [-0.2, -0.15) is 4.98 Å². The van der Waals surface area contributed by atoms with Crippen LogP contribution in [0.15, 0.2) is 42.7 Å². The van der Waals surface area contributed by atoms with Crippen molar-refractivity contribution < 1.29 is 19.5 Å². The first-order valence-electron chi connectivity index (χ1n) is 12.1. The van der Waals surface area contributed by atoms with Crippen LogP contribution >= 0.6 is 0 Å². The number of nitrogens with one attached hydrogen (secondary N) is 3. The van der Waals surface area contributed by atoms with Gasteiger partial charge in [-0.05, 0) is 43.9 Å². The number of carbonyl (C=O) groups is 3. The molecule has 11 heteroatoms. The molecule has 1 unspecified atom stereocenters. The number of nitrogens with zero attached hydrogens (tertiary/aromatic N) is 4. The van der Waals surface area contributed by atoms with E-state index in [1.54, 1.807) is 35.4 Å². The fourth-order valence-corrected chi connectivity index (χ4v) is 5.02. The van der Waals surface area contributed by atoms with E-state index in [4.69, 9.17) is 0 Å². The van der Waals surface area contributed by atoms with Crippen LogP contribution in [0.3, 0.4) is 0 Å². The lowest BCUT2D eigenvalue weighted by Gasteiger charge is -2.31. The van der Waals surface area contributed by atoms with Crippen LogP contribution in [0.25, 0.3) is 0 Å². The van der Waals surface area contributed by atoms with Crippen molar-refractivity contribution in [2.45, 2.75) is 44.3 Å². The van der Waals surface area contributed by atoms with Crippen molar-refractivity contribution in [3.63, 3.8) is 0 Å². The summed E-state index contributed by atoms with van der Waals surface area (Å²) in [5.41, 5.74) is 2.39. The Labute approximate surface area is 208 Å². The Morgan fingerprint density at radius 1 is 1.22 bits per heavy atom. The number of anilines is 3. The predicted molar refractivity (Wildman–Crippen MR) is 133 cm³/mol. The second-order valence-corrected chi connectivity index (χ2v) is 9.23. The average molecular weight is 492 g/mol. The Hall–Kier alpha value is -3.99. The Balaban J connectivity index is 1.23. The van der Waals surface area contributed by atoms with Gasteiger partial charge in [0.25, 0.3) is 5.91 Å². The molecule has 3 aliphatic heterocycles. The highest BCUT2D eigenvalue weighted by Crippen LogP contribution is 2.32. The number of fused-ring (bicyclic) bond motifs is 1. The van der Waals surface area contributed by atoms with Gasteiger partial charge >= 0.3 is 0 Å². The third-order valence-electron chi connectivity index (χ3n) is 6.89. The van der Waals surface area contributed by atoms with Crippen molar-refractivity contribution in [2.75, 3.05) is 35.2 Å². The number of aliphatic hydroxyl groups is 1. The molecule has 36 heavy (non-hydrogen) atoms. The van der Waals surface area contributed by atoms with Crippen LogP contribution in [0.1, 0.15) is 41.6 Å². The summed E-state index contributed by atoms with van der Waals surface area (Å²) in [5.74, 6) is 0.278. The lowest BCUT2D eigenvalue weighted by Crippen LogP contribution is -2.49. The molecule has 0 aliphatic carbocycles. The molecule has 3 amide bonds. The van der Waals surface area contributed by atoms with Crippen LogP contribution in [0, 0.1) is 0 Å². The number of amides is 3. The van der Waals surface area contributed by atoms with Crippen LogP contribution in [0.2, 0.25) is 0 Å². The van der Waals surface area contributed by atoms with E-state index in [0.717, 1.165) is 19.4 Å². The minimum atomic E-state index is -0.561. The number of aromatic nitrogens is 2. The van der Waals surface area contributed by atoms with Crippen LogP contribution in [0.5, 0.6) is 0 Å². The van der Waals surface area contributed by atoms with Crippen molar-refractivity contribution in [1.29, 1.82) is 0 Å². The molecule has 0 radical (unpaired) electrons. The molecule has 4 N–H and O–H groups in total. The number of piperidine rings is 1. The molecule has 2 saturated heterocycles. The SMILES string of the molecule is C=C1CCC(N2Cc3c(NC(=O)CNc4ccnc(N5CCC[C@H]5CO)n4)cccc3C2=O)C(=O)N1. The maximum atomic E-state index is 13.0. The number of rotatable bonds is 7. The number of hydrogen-bond donors (Lipinski definition) is 4. The molecule has 188 valence electrons. The van der Waals surface area contributed by atoms with Crippen molar-refractivity contribution >= 4 is 35.2 Å². The van der Waals surface area contributed by atoms with Crippen molar-refractivity contribution in [3.05, 3.63) is 53.9 Å². The van der Waals surface area contributed by atoms with Gasteiger partial charge in [0, 0.05) is 41.8 Å². The largest absolute Gasteiger partial charge is 0.394 e. The third-order valence-corrected chi connectivity index (χ3v) is 6.89. The topological polar surface area (TPSA) is 140 Å². The number of benzene rings is 1. The van der Waals surface area contributed by atoms with Gasteiger partial charge in [-0.3, -0.25) is 14.4 Å². The van der Waals surface area contributed by atoms with E-state index >= 15 is 0 Å². The molecule has 0 spiro atoms. The normalized spacial score (nSPS) is 21.4. The molecule has 11 nitrogen and oxygen atoms in total. The lowest BCUT2D eigenvalue weighted by atomic mass is 10.0. The summed E-state index contributed by atoms with van der Waals surface area (Å²) in [4.78, 5) is 50.5. The quantitative estimate of drug-likeness (QED) is 0.454. The minimum absolute atomic E-state index is 0.00417. The van der Waals surface area contributed by atoms with E-state index < -0.39 is 6.04 Å². The number of carbonyl (C=O) groups excluding carboxylic acids is 3. The highest BCUT2D eigenvalue weighted by molar-refractivity contribution is 6.04. The summed E-state index contributed by atoms with van der Waals surface area (Å²) in [6.07, 6.45) is 4.62. The van der Waals surface area contributed by atoms with Crippen molar-refractivity contribution in [1.82, 2.24) is 20.2 Å². The summed E-state index contributed by atoms with van der Waals surface area (Å²) < 4.78 is 0. The molecular weight excluding hydrogens is 462 g/mol. The fraction of sp³-hybridized carbons (Fsp3) is 0.400. The number of hydrogen-bond acceptors (Lipinski definition) is 8. The molecule has 0 saturated carbocycles. The number of allylic oxidation sites excluding steroid dienone is 1. The minimum Gasteiger partial charge on any atom is -0.394 e. The molecule has 1 aromatic heterocycles. The smallest absolute Gasteiger partial charge is 0.255 e. The van der Waals surface area contributed by atoms with Crippen LogP contribution in [-0.2, 0) is 16.1 Å². The zero-order valence-electron chi connectivity index (χ0n) is 19.9. The molecular formula is C25H29N7O4. The van der Waals surface area contributed by atoms with E-state index in [1.165, 1.54) is 0 Å². The predicted octanol–water partition coefficient (Wildman–Crippen LogP) is 1.24. The van der Waals surface area contributed by atoms with Gasteiger partial charge in [0.05, 0.1) is 19.2 Å². The van der Waals surface area contributed by atoms with Gasteiger partial charge in [0.2, 0.25) is 17.8 Å². The molecule has 1 aromatic carbocycles. The summed E-state index contributed by atoms with van der Waals surface area (Å²) in [5, 5.41) is 18.2. The standard InChI is InChI=1S/C25H29N7O4/c1-15-7-8-20(23(35)28-15)32-13-18-17(24(32)36)5-2-6-19(18)29-22(34)12-27-21-9-10-26-25(30-21)31-11-3-4-16(31)14-33/h2,5-6,9-10,16,20,33H,1,3-4,7-8,11-14H2,(H,28,35)(H,29,34)(H,26,27,30)/t16-,20?/m0/s1. The zero-order valence-corrected chi connectivity index (χ0v) is 19.9. The van der Waals surface area contributed by atoms with Gasteiger partial charge in [0.1, 0.15) is 11.9 Å². The lowest BCUT2D eigenvalue weighted by molar-refractivity contribution is -0.126. The fourth-order valence-electron chi connectivity index (χ4n) is 5.02. The highest BCUT2D eigenvalue weighted by atomic mass is 16.3. The van der Waals surface area contributed by atoms with Crippen LogP contribution < -0.4 is 20.9 Å². The first-order valence-corrected chi connectivity index (χ1v) is 12.1. The van der Waals surface area contributed by atoms with Gasteiger partial charge in [-0.1, -0.05) is 12.6 Å². The maximum absolute atomic E-state index is 13.0. The van der Waals surface area contributed by atoms with E-state index in [0.29, 0.717) is 47.1 Å². The van der Waals surface area contributed by atoms with Gasteiger partial charge in [0.15, 0.2) is 0 Å². The van der Waals surface area contributed by atoms with E-state index in [9.17, 15) is 19.5 Å². The van der Waals surface area contributed by atoms with E-state index in [-0.39, 0.29) is 43.5 Å². The Morgan fingerprint density at radius 3 is 2.89 bits per heavy atom. The zero-order chi connectivity index (χ0) is 25.2. The Morgan fingerprint density at radius 2 is 2.08 bits per heavy atom. The average Bonchev–Trinajstić information content (AvgIpc) is 3.48. The highest BCUT2D eigenvalue weighted by Gasteiger charge is 2.39. The molecule has 4 heterocycles. The Bertz CT molecular complexity index is 1220. The van der Waals surface area contributed by atoms with Gasteiger partial charge < -0.3 is 30.9 Å². The summed E-state index contributed by atoms with van der Waals surface area (Å²) in [6, 6.07) is 6.31. The van der Waals surface area contributed by atoms with Crippen LogP contribution in [0.4, 0.5) is 17.5 Å². The monoisotopic (exact) mass is 491 g/mol. The Kier molecular flexibility index (Phi) is 6.55. The first kappa shape index (κ1) is 23.7. The van der Waals surface area contributed by atoms with Crippen molar-refractivity contribution in [2.24, 2.45) is 0 Å². The van der Waals surface area contributed by atoms with Gasteiger partial charge in [-0.25, -0.2) is 4.98 Å². The van der Waals surface area contributed by atoms with Crippen molar-refractivity contribution in [3.8, 4) is 0 Å². The first-order chi connectivity index (χ1) is 17.4. The second kappa shape index (κ2) is 9.94. The van der Waals surface area contributed by atoms with Crippen LogP contribution in [-0.4, -0.2) is 69.5 Å². The molecule has 3 aliphatic rings. The summed E-state index contributed by atoms with van der Waals surface area (Å²) in [6.45, 7) is 4.84. The second-order valence-electron chi connectivity index (χ2n) is 9.23. The summed E-state index contributed by atoms with van der Waals surface area (Å²) in [7, 11) is 0. The van der Waals surface area contributed by atoms with E-state index in [1.807, 2.05) is 4.90 Å².